The SMILES string of the molecule is CCC(C)C(=O)[O-].CCC(CC)(CC)C(=O)N=C1[N-]/C(=C\c2[nH]c(NC(=O)C(CC)(CC)CC)c(C(=O)OC3C(C(C)(C)C)CC(C)CC3C(C)(C)C)c2C(C)C)C(C(C)C)=C1C(=O)OC1C(C(C)(C)C)CC(C)CC1C(C)(C)C.[Zn+2]. The number of aromatic amines is 1. The third kappa shape index (κ3) is 17.3. The van der Waals surface area contributed by atoms with Crippen LogP contribution in [-0.4, -0.2) is 52.7 Å². The smallest absolute Gasteiger partial charge is 0.550 e. The number of anilines is 1. The number of aliphatic imine (C=N–C) groups is 1. The monoisotopic (exact) mass is 1180 g/mol. The van der Waals surface area contributed by atoms with E-state index < -0.39 is 28.7 Å². The molecule has 13 heteroatoms. The zero-order valence-electron chi connectivity index (χ0n) is 56.1. The summed E-state index contributed by atoms with van der Waals surface area (Å²) in [7, 11) is 0. The van der Waals surface area contributed by atoms with Crippen molar-refractivity contribution in [2.45, 2.75) is 269 Å². The normalized spacial score (nSPS) is 24.5. The predicted molar refractivity (Wildman–Crippen MR) is 328 cm³/mol. The van der Waals surface area contributed by atoms with E-state index in [1.807, 2.05) is 82.2 Å². The molecular formula is C68H114N4O8Zn. The average molecular weight is 1180 g/mol. The molecule has 5 atom stereocenters. The van der Waals surface area contributed by atoms with Crippen molar-refractivity contribution in [3.05, 3.63) is 39.0 Å². The van der Waals surface area contributed by atoms with Gasteiger partial charge in [0.1, 0.15) is 23.6 Å². The summed E-state index contributed by atoms with van der Waals surface area (Å²) in [6, 6.07) is 0. The summed E-state index contributed by atoms with van der Waals surface area (Å²) in [5, 5.41) is 18.3. The minimum absolute atomic E-state index is 0. The standard InChI is InChI=1S/C63H106N4O6.C5H10O2.Zn/c1-25-62(26-2,27-3)56(70)66-52-48(54(68)72-50-40(58(13,14)15)31-38(11)32-41(50)59(16,17)18)46(36(7)8)44(64-52)35-45-47(37(9)10)49(53(65-45)67-57(71)63(28-4,29-5)30-6)55(69)73-51-42(60(19,20)21)33-39(12)34-43(51)61(22,23)24;1-3-4(2)5(6)7;/h35-43,50-51H,25-34H2,1-24H3,(H3,64,65,66,67,68,69,70,71);4H,3H2,1-2H3,(H,6,7);/q;;+2/p-2. The number of aliphatic carboxylic acids is 1. The molecule has 0 radical (unpaired) electrons. The van der Waals surface area contributed by atoms with E-state index in [0.29, 0.717) is 84.9 Å². The van der Waals surface area contributed by atoms with E-state index >= 15 is 9.59 Å². The number of hydrogen-bond donors (Lipinski definition) is 2. The Morgan fingerprint density at radius 2 is 1.01 bits per heavy atom. The molecule has 1 aliphatic heterocycles. The number of rotatable bonds is 18. The Balaban J connectivity index is 0.00000262. The third-order valence-electron chi connectivity index (χ3n) is 19.5. The van der Waals surface area contributed by atoms with Crippen LogP contribution >= 0.6 is 0 Å². The van der Waals surface area contributed by atoms with E-state index in [0.717, 1.165) is 25.7 Å². The molecule has 0 aromatic carbocycles. The molecule has 2 saturated carbocycles. The maximum absolute atomic E-state index is 15.5. The van der Waals surface area contributed by atoms with Crippen LogP contribution in [0.25, 0.3) is 11.4 Å². The van der Waals surface area contributed by atoms with Crippen molar-refractivity contribution in [3.63, 3.8) is 0 Å². The number of hydrogen-bond acceptors (Lipinski definition) is 8. The van der Waals surface area contributed by atoms with Gasteiger partial charge in [-0.15, -0.1) is 0 Å². The second-order valence-corrected chi connectivity index (χ2v) is 29.7. The van der Waals surface area contributed by atoms with E-state index in [9.17, 15) is 19.5 Å². The van der Waals surface area contributed by atoms with Crippen LogP contribution in [0.2, 0.25) is 0 Å². The number of nitrogens with one attached hydrogen (secondary N) is 2. The maximum atomic E-state index is 15.5. The quantitative estimate of drug-likeness (QED) is 0.108. The second kappa shape index (κ2) is 29.0. The Morgan fingerprint density at radius 3 is 1.32 bits per heavy atom. The molecule has 0 spiro atoms. The van der Waals surface area contributed by atoms with Crippen molar-refractivity contribution >= 4 is 47.5 Å². The zero-order valence-corrected chi connectivity index (χ0v) is 59.0. The van der Waals surface area contributed by atoms with Crippen LogP contribution in [0.15, 0.2) is 21.8 Å². The van der Waals surface area contributed by atoms with Crippen molar-refractivity contribution < 1.29 is 58.0 Å². The van der Waals surface area contributed by atoms with Gasteiger partial charge in [0.2, 0.25) is 5.91 Å². The Labute approximate surface area is 505 Å². The van der Waals surface area contributed by atoms with Gasteiger partial charge in [-0.3, -0.25) is 9.59 Å². The number of esters is 2. The second-order valence-electron chi connectivity index (χ2n) is 29.7. The van der Waals surface area contributed by atoms with Gasteiger partial charge < -0.3 is 40.0 Å². The zero-order chi connectivity index (χ0) is 61.6. The Morgan fingerprint density at radius 1 is 0.630 bits per heavy atom. The first kappa shape index (κ1) is 73.5. The fourth-order valence-corrected chi connectivity index (χ4v) is 13.3. The molecule has 5 unspecified atom stereocenters. The topological polar surface area (TPSA) is 181 Å². The average Bonchev–Trinajstić information content (AvgIpc) is 3.89. The van der Waals surface area contributed by atoms with Gasteiger partial charge in [0.05, 0.1) is 5.57 Å². The van der Waals surface area contributed by atoms with Gasteiger partial charge in [0, 0.05) is 46.2 Å². The molecule has 4 rings (SSSR count). The number of allylic oxidation sites excluding steroid dienone is 1. The van der Waals surface area contributed by atoms with Crippen molar-refractivity contribution in [2.75, 3.05) is 5.32 Å². The van der Waals surface area contributed by atoms with Gasteiger partial charge in [-0.25, -0.2) is 9.59 Å². The number of amidine groups is 1. The molecule has 0 saturated heterocycles. The summed E-state index contributed by atoms with van der Waals surface area (Å²) >= 11 is 0. The summed E-state index contributed by atoms with van der Waals surface area (Å²) in [4.78, 5) is 78.3. The predicted octanol–water partition coefficient (Wildman–Crippen LogP) is 16.8. The largest absolute Gasteiger partial charge is 2.00 e. The fraction of sp³-hybridized carbons (Fsp3) is 0.794. The minimum atomic E-state index is -0.956. The van der Waals surface area contributed by atoms with Gasteiger partial charge in [0.25, 0.3) is 0 Å². The van der Waals surface area contributed by atoms with E-state index in [2.05, 4.69) is 107 Å². The third-order valence-corrected chi connectivity index (χ3v) is 19.5. The molecule has 0 bridgehead atoms. The molecule has 12 nitrogen and oxygen atoms in total. The number of aromatic nitrogens is 1. The number of carbonyl (C=O) groups is 5. The van der Waals surface area contributed by atoms with Gasteiger partial charge in [0.15, 0.2) is 5.91 Å². The number of ether oxygens (including phenoxy) is 2. The summed E-state index contributed by atoms with van der Waals surface area (Å²) in [6.07, 6.45) is 9.21. The van der Waals surface area contributed by atoms with Gasteiger partial charge in [-0.1, -0.05) is 180 Å². The summed E-state index contributed by atoms with van der Waals surface area (Å²) in [5.41, 5.74) is 0.885. The van der Waals surface area contributed by atoms with Crippen LogP contribution in [0.3, 0.4) is 0 Å². The molecule has 456 valence electrons. The number of nitrogens with zero attached hydrogens (tertiary/aromatic N) is 2. The van der Waals surface area contributed by atoms with Gasteiger partial charge in [-0.2, -0.15) is 0 Å². The molecular weight excluding hydrogens is 1070 g/mol. The molecule has 2 fully saturated rings. The van der Waals surface area contributed by atoms with Crippen LogP contribution in [0.5, 0.6) is 0 Å². The minimum Gasteiger partial charge on any atom is -0.550 e. The molecule has 2 heterocycles. The van der Waals surface area contributed by atoms with Crippen LogP contribution < -0.4 is 10.4 Å². The fourth-order valence-electron chi connectivity index (χ4n) is 13.3. The first-order valence-corrected chi connectivity index (χ1v) is 31.2. The Kier molecular flexibility index (Phi) is 26.3. The Hall–Kier alpha value is -3.60. The van der Waals surface area contributed by atoms with Crippen LogP contribution in [-0.2, 0) is 48.1 Å². The van der Waals surface area contributed by atoms with Crippen molar-refractivity contribution in [3.8, 4) is 0 Å². The van der Waals surface area contributed by atoms with Crippen LogP contribution in [0, 0.1) is 79.8 Å². The summed E-state index contributed by atoms with van der Waals surface area (Å²) < 4.78 is 13.9. The van der Waals surface area contributed by atoms with Crippen LogP contribution in [0.4, 0.5) is 5.82 Å². The first-order chi connectivity index (χ1) is 36.7. The maximum Gasteiger partial charge on any atom is 2.00 e. The summed E-state index contributed by atoms with van der Waals surface area (Å²) in [6.45, 7) is 55.3. The summed E-state index contributed by atoms with van der Waals surface area (Å²) in [5.74, 6) is -1.50. The van der Waals surface area contributed by atoms with E-state index in [1.165, 1.54) is 0 Å². The molecule has 2 aliphatic carbocycles. The van der Waals surface area contributed by atoms with E-state index in [1.54, 1.807) is 6.92 Å². The van der Waals surface area contributed by atoms with E-state index in [4.69, 9.17) is 19.8 Å². The molecule has 1 aromatic heterocycles. The Bertz CT molecular complexity index is 2340. The molecule has 3 aliphatic rings. The van der Waals surface area contributed by atoms with Crippen molar-refractivity contribution in [1.82, 2.24) is 4.98 Å². The molecule has 81 heavy (non-hydrogen) atoms. The number of H-pyrrole nitrogens is 1. The number of carboxylic acids is 1. The number of carboxylic acid groups (broad SMARTS) is 1. The number of amides is 2. The van der Waals surface area contributed by atoms with Crippen LogP contribution in [0.1, 0.15) is 278 Å². The van der Waals surface area contributed by atoms with Gasteiger partial charge in [-0.05, 0) is 151 Å². The first-order valence-electron chi connectivity index (χ1n) is 31.2. The molecule has 2 amide bonds. The molecule has 1 aromatic rings. The molecule has 2 N–H and O–H groups in total. The van der Waals surface area contributed by atoms with Crippen molar-refractivity contribution in [1.29, 1.82) is 0 Å². The van der Waals surface area contributed by atoms with Gasteiger partial charge >= 0.3 is 31.4 Å². The van der Waals surface area contributed by atoms with Crippen molar-refractivity contribution in [2.24, 2.45) is 84.8 Å². The number of carbonyl (C=O) groups excluding carboxylic acids is 5. The van der Waals surface area contributed by atoms with E-state index in [-0.39, 0.29) is 124 Å².